The molecule has 3 aromatic rings. The Hall–Kier alpha value is -3.36. The SMILES string of the molecule is O=C1CC(c2noc(CNC(=O)c3cnc4ccccc4n3)n2)CCN1. The summed E-state index contributed by atoms with van der Waals surface area (Å²) in [5, 5.41) is 9.37. The summed E-state index contributed by atoms with van der Waals surface area (Å²) in [4.78, 5) is 36.5. The van der Waals surface area contributed by atoms with Gasteiger partial charge in [0.05, 0.1) is 23.8 Å². The van der Waals surface area contributed by atoms with E-state index in [1.54, 1.807) is 6.07 Å². The van der Waals surface area contributed by atoms with Gasteiger partial charge in [0.25, 0.3) is 5.91 Å². The Balaban J connectivity index is 1.40. The maximum absolute atomic E-state index is 12.3. The number of para-hydroxylation sites is 2. The third-order valence-corrected chi connectivity index (χ3v) is 4.18. The van der Waals surface area contributed by atoms with Crippen LogP contribution in [0.15, 0.2) is 35.0 Å². The van der Waals surface area contributed by atoms with E-state index >= 15 is 0 Å². The van der Waals surface area contributed by atoms with E-state index in [9.17, 15) is 9.59 Å². The van der Waals surface area contributed by atoms with Crippen molar-refractivity contribution in [3.63, 3.8) is 0 Å². The molecule has 0 aliphatic carbocycles. The van der Waals surface area contributed by atoms with Gasteiger partial charge in [0.2, 0.25) is 11.8 Å². The van der Waals surface area contributed by atoms with Crippen molar-refractivity contribution in [3.05, 3.63) is 47.9 Å². The number of amides is 2. The standard InChI is InChI=1S/C17H16N6O3/c24-14-7-10(5-6-18-14)16-22-15(26-23-16)9-20-17(25)13-8-19-11-3-1-2-4-12(11)21-13/h1-4,8,10H,5-7,9H2,(H,18,24)(H,20,25). The Bertz CT molecular complexity index is 970. The van der Waals surface area contributed by atoms with Crippen molar-refractivity contribution in [3.8, 4) is 0 Å². The second kappa shape index (κ2) is 6.87. The fourth-order valence-electron chi connectivity index (χ4n) is 2.82. The van der Waals surface area contributed by atoms with E-state index < -0.39 is 0 Å². The number of carbonyl (C=O) groups is 2. The molecule has 0 bridgehead atoms. The maximum atomic E-state index is 12.3. The quantitative estimate of drug-likeness (QED) is 0.716. The highest BCUT2D eigenvalue weighted by atomic mass is 16.5. The molecule has 0 saturated carbocycles. The largest absolute Gasteiger partial charge is 0.356 e. The van der Waals surface area contributed by atoms with E-state index in [4.69, 9.17) is 4.52 Å². The Kier molecular flexibility index (Phi) is 4.26. The number of nitrogens with one attached hydrogen (secondary N) is 2. The lowest BCUT2D eigenvalue weighted by Crippen LogP contribution is -2.32. The van der Waals surface area contributed by atoms with Gasteiger partial charge >= 0.3 is 0 Å². The molecule has 2 aromatic heterocycles. The second-order valence-electron chi connectivity index (χ2n) is 6.01. The maximum Gasteiger partial charge on any atom is 0.271 e. The number of carbonyl (C=O) groups excluding carboxylic acids is 2. The third kappa shape index (κ3) is 3.37. The Morgan fingerprint density at radius 1 is 1.27 bits per heavy atom. The summed E-state index contributed by atoms with van der Waals surface area (Å²) in [5.74, 6) is 0.335. The monoisotopic (exact) mass is 352 g/mol. The van der Waals surface area contributed by atoms with Gasteiger partial charge in [0, 0.05) is 18.9 Å². The normalized spacial score (nSPS) is 17.1. The summed E-state index contributed by atoms with van der Waals surface area (Å²) in [6.45, 7) is 0.685. The van der Waals surface area contributed by atoms with Crippen LogP contribution in [0.2, 0.25) is 0 Å². The van der Waals surface area contributed by atoms with Crippen molar-refractivity contribution in [2.24, 2.45) is 0 Å². The molecule has 9 nitrogen and oxygen atoms in total. The molecule has 1 saturated heterocycles. The van der Waals surface area contributed by atoms with Gasteiger partial charge in [-0.3, -0.25) is 14.6 Å². The number of hydrogen-bond donors (Lipinski definition) is 2. The van der Waals surface area contributed by atoms with Gasteiger partial charge in [0.1, 0.15) is 5.69 Å². The molecule has 0 spiro atoms. The van der Waals surface area contributed by atoms with E-state index in [0.29, 0.717) is 24.3 Å². The number of rotatable bonds is 4. The molecule has 1 unspecified atom stereocenters. The number of benzene rings is 1. The van der Waals surface area contributed by atoms with Crippen molar-refractivity contribution < 1.29 is 14.1 Å². The Morgan fingerprint density at radius 2 is 2.12 bits per heavy atom. The summed E-state index contributed by atoms with van der Waals surface area (Å²) in [5.41, 5.74) is 1.59. The molecule has 0 radical (unpaired) electrons. The predicted octanol–water partition coefficient (Wildman–Crippen LogP) is 0.936. The zero-order valence-corrected chi connectivity index (χ0v) is 13.8. The average molecular weight is 352 g/mol. The van der Waals surface area contributed by atoms with Crippen molar-refractivity contribution in [1.29, 1.82) is 0 Å². The average Bonchev–Trinajstić information content (AvgIpc) is 3.15. The zero-order chi connectivity index (χ0) is 17.9. The number of nitrogens with zero attached hydrogens (tertiary/aromatic N) is 4. The third-order valence-electron chi connectivity index (χ3n) is 4.18. The van der Waals surface area contributed by atoms with Gasteiger partial charge in [-0.15, -0.1) is 0 Å². The first-order valence-corrected chi connectivity index (χ1v) is 8.28. The molecule has 3 heterocycles. The topological polar surface area (TPSA) is 123 Å². The van der Waals surface area contributed by atoms with Gasteiger partial charge in [0.15, 0.2) is 5.82 Å². The molecule has 4 rings (SSSR count). The van der Waals surface area contributed by atoms with E-state index in [0.717, 1.165) is 11.9 Å². The lowest BCUT2D eigenvalue weighted by Gasteiger charge is -2.18. The predicted molar refractivity (Wildman–Crippen MR) is 90.0 cm³/mol. The molecule has 1 aliphatic heterocycles. The van der Waals surface area contributed by atoms with E-state index in [1.165, 1.54) is 6.20 Å². The first-order chi connectivity index (χ1) is 12.7. The van der Waals surface area contributed by atoms with Gasteiger partial charge in [-0.2, -0.15) is 4.98 Å². The molecule has 1 aliphatic rings. The summed E-state index contributed by atoms with van der Waals surface area (Å²) in [6.07, 6.45) is 2.54. The summed E-state index contributed by atoms with van der Waals surface area (Å²) < 4.78 is 5.17. The smallest absolute Gasteiger partial charge is 0.271 e. The molecule has 2 amide bonds. The van der Waals surface area contributed by atoms with Crippen molar-refractivity contribution in [2.75, 3.05) is 6.54 Å². The highest BCUT2D eigenvalue weighted by Crippen LogP contribution is 2.22. The van der Waals surface area contributed by atoms with E-state index in [-0.39, 0.29) is 35.9 Å². The zero-order valence-electron chi connectivity index (χ0n) is 13.8. The Morgan fingerprint density at radius 3 is 2.96 bits per heavy atom. The molecule has 26 heavy (non-hydrogen) atoms. The van der Waals surface area contributed by atoms with Crippen LogP contribution in [0.3, 0.4) is 0 Å². The van der Waals surface area contributed by atoms with E-state index in [2.05, 4.69) is 30.7 Å². The van der Waals surface area contributed by atoms with Gasteiger partial charge in [-0.25, -0.2) is 4.98 Å². The second-order valence-corrected chi connectivity index (χ2v) is 6.01. The van der Waals surface area contributed by atoms with E-state index in [1.807, 2.05) is 18.2 Å². The summed E-state index contributed by atoms with van der Waals surface area (Å²) >= 11 is 0. The lowest BCUT2D eigenvalue weighted by molar-refractivity contribution is -0.122. The molecule has 2 N–H and O–H groups in total. The number of fused-ring (bicyclic) bond motifs is 1. The highest BCUT2D eigenvalue weighted by Gasteiger charge is 2.25. The minimum Gasteiger partial charge on any atom is -0.356 e. The fraction of sp³-hybridized carbons (Fsp3) is 0.294. The molecule has 9 heteroatoms. The highest BCUT2D eigenvalue weighted by molar-refractivity contribution is 5.93. The van der Waals surface area contributed by atoms with Crippen LogP contribution < -0.4 is 10.6 Å². The fourth-order valence-corrected chi connectivity index (χ4v) is 2.82. The van der Waals surface area contributed by atoms with Crippen LogP contribution in [-0.2, 0) is 11.3 Å². The molecule has 132 valence electrons. The lowest BCUT2D eigenvalue weighted by atomic mass is 9.97. The molecular formula is C17H16N6O3. The summed E-state index contributed by atoms with van der Waals surface area (Å²) in [6, 6.07) is 7.32. The molecule has 1 fully saturated rings. The van der Waals surface area contributed by atoms with Crippen molar-refractivity contribution in [1.82, 2.24) is 30.7 Å². The van der Waals surface area contributed by atoms with Crippen LogP contribution >= 0.6 is 0 Å². The van der Waals surface area contributed by atoms with Gasteiger partial charge in [-0.1, -0.05) is 17.3 Å². The minimum absolute atomic E-state index is 0.0178. The van der Waals surface area contributed by atoms with Crippen LogP contribution in [0, 0.1) is 0 Å². The van der Waals surface area contributed by atoms with Crippen LogP contribution in [-0.4, -0.2) is 38.5 Å². The molecule has 1 aromatic carbocycles. The molecule has 1 atom stereocenters. The first kappa shape index (κ1) is 16.1. The van der Waals surface area contributed by atoms with Crippen LogP contribution in [0.5, 0.6) is 0 Å². The Labute approximate surface area is 148 Å². The number of piperidine rings is 1. The van der Waals surface area contributed by atoms with Crippen molar-refractivity contribution >= 4 is 22.8 Å². The van der Waals surface area contributed by atoms with Gasteiger partial charge < -0.3 is 15.2 Å². The minimum atomic E-state index is -0.375. The first-order valence-electron chi connectivity index (χ1n) is 8.28. The van der Waals surface area contributed by atoms with Gasteiger partial charge in [-0.05, 0) is 18.6 Å². The number of hydrogen-bond acceptors (Lipinski definition) is 7. The molecular weight excluding hydrogens is 336 g/mol. The van der Waals surface area contributed by atoms with Crippen LogP contribution in [0.25, 0.3) is 11.0 Å². The van der Waals surface area contributed by atoms with Crippen molar-refractivity contribution in [2.45, 2.75) is 25.3 Å². The summed E-state index contributed by atoms with van der Waals surface area (Å²) in [7, 11) is 0. The van der Waals surface area contributed by atoms with Crippen LogP contribution in [0.4, 0.5) is 0 Å². The van der Waals surface area contributed by atoms with Crippen LogP contribution in [0.1, 0.15) is 41.0 Å². The number of aromatic nitrogens is 4.